The van der Waals surface area contributed by atoms with Crippen LogP contribution in [0.5, 0.6) is 0 Å². The summed E-state index contributed by atoms with van der Waals surface area (Å²) in [7, 11) is 0. The number of rotatable bonds is 20. The van der Waals surface area contributed by atoms with Gasteiger partial charge < -0.3 is 0 Å². The van der Waals surface area contributed by atoms with Crippen LogP contribution in [0.3, 0.4) is 0 Å². The number of hydrogen-bond acceptors (Lipinski definition) is 2. The minimum absolute atomic E-state index is 0.706. The molecule has 2 nitrogen and oxygen atoms in total. The Kier molecular flexibility index (Phi) is 15.9. The minimum atomic E-state index is -3.22. The first kappa shape index (κ1) is 28.4. The molecule has 0 aliphatic carbocycles. The van der Waals surface area contributed by atoms with Crippen LogP contribution in [-0.4, -0.2) is 19.2 Å². The molecular weight excluding hydrogens is 511 g/mol. The Hall–Kier alpha value is -0.841. The summed E-state index contributed by atoms with van der Waals surface area (Å²) in [6.45, 7) is 5.99. The van der Waals surface area contributed by atoms with Gasteiger partial charge in [0.15, 0.2) is 0 Å². The molecule has 0 fully saturated rings. The van der Waals surface area contributed by atoms with E-state index < -0.39 is 19.2 Å². The summed E-state index contributed by atoms with van der Waals surface area (Å²) in [5, 5.41) is 0. The monoisotopic (exact) mass is 560 g/mol. The molecule has 2 aromatic carbocycles. The Morgan fingerprint density at radius 3 is 1.24 bits per heavy atom. The van der Waals surface area contributed by atoms with Crippen molar-refractivity contribution in [3.8, 4) is 0 Å². The molecule has 184 valence electrons. The van der Waals surface area contributed by atoms with E-state index in [9.17, 15) is 0 Å². The molecule has 0 bridgehead atoms. The normalized spacial score (nSPS) is 11.7. The maximum atomic E-state index is 6.88. The topological polar surface area (TPSA) is 18.5 Å². The van der Waals surface area contributed by atoms with Gasteiger partial charge in [-0.25, -0.2) is 0 Å². The van der Waals surface area contributed by atoms with Gasteiger partial charge in [0.2, 0.25) is 0 Å². The molecule has 3 heteroatoms. The van der Waals surface area contributed by atoms with Gasteiger partial charge in [-0.05, 0) is 0 Å². The molecule has 0 aliphatic rings. The second-order valence-electron chi connectivity index (χ2n) is 9.49. The van der Waals surface area contributed by atoms with Crippen molar-refractivity contribution in [2.24, 2.45) is 0 Å². The van der Waals surface area contributed by atoms with E-state index in [0.717, 1.165) is 0 Å². The van der Waals surface area contributed by atoms with Crippen molar-refractivity contribution in [3.05, 3.63) is 71.8 Å². The van der Waals surface area contributed by atoms with Gasteiger partial charge in [-0.3, -0.25) is 0 Å². The van der Waals surface area contributed by atoms with Crippen molar-refractivity contribution in [1.82, 2.24) is 0 Å². The Morgan fingerprint density at radius 2 is 0.848 bits per heavy atom. The van der Waals surface area contributed by atoms with Gasteiger partial charge in [-0.2, -0.15) is 0 Å². The molecule has 0 amide bonds. The first-order valence-electron chi connectivity index (χ1n) is 13.6. The third-order valence-corrected chi connectivity index (χ3v) is 16.7. The van der Waals surface area contributed by atoms with Crippen molar-refractivity contribution in [1.29, 1.82) is 0 Å². The molecule has 2 rings (SSSR count). The Balaban J connectivity index is 2.02. The maximum absolute atomic E-state index is 6.88. The van der Waals surface area contributed by atoms with Crippen LogP contribution in [-0.2, 0) is 19.4 Å². The summed E-state index contributed by atoms with van der Waals surface area (Å²) < 4.78 is 16.1. The molecule has 0 radical (unpaired) electrons. The quantitative estimate of drug-likeness (QED) is 0.119. The third kappa shape index (κ3) is 13.0. The fraction of sp³-hybridized carbons (Fsp3) is 0.600. The summed E-state index contributed by atoms with van der Waals surface area (Å²) in [5.41, 5.74) is 2.54. The zero-order valence-electron chi connectivity index (χ0n) is 21.4. The molecule has 0 unspecified atom stereocenters. The van der Waals surface area contributed by atoms with E-state index in [0.29, 0.717) is 13.2 Å². The van der Waals surface area contributed by atoms with E-state index in [-0.39, 0.29) is 0 Å². The van der Waals surface area contributed by atoms with E-state index in [1.807, 2.05) is 0 Å². The zero-order valence-corrected chi connectivity index (χ0v) is 24.3. The first-order valence-corrected chi connectivity index (χ1v) is 20.0. The standard InChI is InChI=1S/2C8H17.2C7H7O.Sn/c2*1-3-5-7-8-6-4-2;2*8-6-7-4-2-1-3-5-7;/h2*1,3-8H2,2H3;2*1-5H,6H2;/q;;2*-1;+2. The first-order chi connectivity index (χ1) is 16.3. The predicted molar refractivity (Wildman–Crippen MR) is 145 cm³/mol. The van der Waals surface area contributed by atoms with Gasteiger partial charge >= 0.3 is 210 Å². The molecule has 0 aliphatic heterocycles. The van der Waals surface area contributed by atoms with Crippen LogP contribution >= 0.6 is 0 Å². The number of hydrogen-bond donors (Lipinski definition) is 0. The van der Waals surface area contributed by atoms with E-state index >= 15 is 0 Å². The van der Waals surface area contributed by atoms with Crippen LogP contribution in [0.4, 0.5) is 0 Å². The molecule has 0 N–H and O–H groups in total. The van der Waals surface area contributed by atoms with Crippen molar-refractivity contribution in [2.75, 3.05) is 0 Å². The molecule has 0 aromatic heterocycles. The van der Waals surface area contributed by atoms with Gasteiger partial charge in [0.1, 0.15) is 0 Å². The number of unbranched alkanes of at least 4 members (excludes halogenated alkanes) is 10. The molecule has 0 spiro atoms. The van der Waals surface area contributed by atoms with E-state index in [1.54, 1.807) is 0 Å². The molecule has 2 aromatic rings. The Bertz CT molecular complexity index is 627. The SMILES string of the molecule is CCCCCCC[CH2][Sn]([CH2]CCCCCCC)([O]Cc1ccccc1)[O]Cc1ccccc1. The van der Waals surface area contributed by atoms with Crippen LogP contribution in [0.1, 0.15) is 102 Å². The van der Waals surface area contributed by atoms with Crippen molar-refractivity contribution >= 4 is 19.2 Å². The van der Waals surface area contributed by atoms with Gasteiger partial charge in [-0.1, -0.05) is 0 Å². The molecule has 0 saturated heterocycles. The zero-order chi connectivity index (χ0) is 23.5. The summed E-state index contributed by atoms with van der Waals surface area (Å²) in [6, 6.07) is 21.4. The molecule has 33 heavy (non-hydrogen) atoms. The van der Waals surface area contributed by atoms with Crippen LogP contribution in [0, 0.1) is 0 Å². The van der Waals surface area contributed by atoms with E-state index in [2.05, 4.69) is 74.5 Å². The summed E-state index contributed by atoms with van der Waals surface area (Å²) in [6.07, 6.45) is 15.9. The fourth-order valence-electron chi connectivity index (χ4n) is 4.38. The average Bonchev–Trinajstić information content (AvgIpc) is 2.87. The Morgan fingerprint density at radius 1 is 0.485 bits per heavy atom. The second-order valence-corrected chi connectivity index (χ2v) is 19.2. The van der Waals surface area contributed by atoms with Crippen LogP contribution in [0.15, 0.2) is 60.7 Å². The van der Waals surface area contributed by atoms with Crippen molar-refractivity contribution in [3.63, 3.8) is 0 Å². The van der Waals surface area contributed by atoms with E-state index in [4.69, 9.17) is 6.15 Å². The summed E-state index contributed by atoms with van der Waals surface area (Å²) >= 11 is -3.22. The van der Waals surface area contributed by atoms with Crippen molar-refractivity contribution in [2.45, 2.75) is 113 Å². The van der Waals surface area contributed by atoms with Gasteiger partial charge in [0, 0.05) is 0 Å². The number of benzene rings is 2. The second kappa shape index (κ2) is 18.5. The fourth-order valence-corrected chi connectivity index (χ4v) is 13.9. The summed E-state index contributed by atoms with van der Waals surface area (Å²) in [4.78, 5) is 0. The van der Waals surface area contributed by atoms with Gasteiger partial charge in [0.25, 0.3) is 0 Å². The Labute approximate surface area is 209 Å². The third-order valence-electron chi connectivity index (χ3n) is 6.51. The van der Waals surface area contributed by atoms with Crippen LogP contribution in [0.25, 0.3) is 0 Å². The van der Waals surface area contributed by atoms with Crippen molar-refractivity contribution < 1.29 is 6.15 Å². The van der Waals surface area contributed by atoms with Gasteiger partial charge in [-0.15, -0.1) is 0 Å². The van der Waals surface area contributed by atoms with Crippen LogP contribution in [0.2, 0.25) is 8.87 Å². The molecule has 0 atom stereocenters. The van der Waals surface area contributed by atoms with Crippen LogP contribution < -0.4 is 0 Å². The van der Waals surface area contributed by atoms with Gasteiger partial charge in [0.05, 0.1) is 0 Å². The predicted octanol–water partition coefficient (Wildman–Crippen LogP) is 9.58. The average molecular weight is 559 g/mol. The molecule has 0 heterocycles. The molecular formula is C30H48O2Sn. The van der Waals surface area contributed by atoms with E-state index in [1.165, 1.54) is 97.1 Å². The summed E-state index contributed by atoms with van der Waals surface area (Å²) in [5.74, 6) is 0. The molecule has 0 saturated carbocycles.